The number of benzene rings is 1. The highest BCUT2D eigenvalue weighted by atomic mass is 35.5. The van der Waals surface area contributed by atoms with Gasteiger partial charge in [0.25, 0.3) is 5.91 Å². The first kappa shape index (κ1) is 21.0. The van der Waals surface area contributed by atoms with E-state index in [9.17, 15) is 17.6 Å². The summed E-state index contributed by atoms with van der Waals surface area (Å²) in [6.45, 7) is 2.83. The van der Waals surface area contributed by atoms with Crippen LogP contribution < -0.4 is 4.90 Å². The Morgan fingerprint density at radius 3 is 2.33 bits per heavy atom. The van der Waals surface area contributed by atoms with E-state index in [4.69, 9.17) is 11.6 Å². The van der Waals surface area contributed by atoms with E-state index in [1.807, 2.05) is 11.0 Å². The first-order valence-corrected chi connectivity index (χ1v) is 11.6. The lowest BCUT2D eigenvalue weighted by atomic mass is 10.1. The Hall–Kier alpha value is -2.23. The van der Waals surface area contributed by atoms with Crippen LogP contribution in [0.15, 0.2) is 41.4 Å². The molecule has 0 bridgehead atoms. The zero-order chi connectivity index (χ0) is 21.3. The summed E-state index contributed by atoms with van der Waals surface area (Å²) in [4.78, 5) is 20.5. The van der Waals surface area contributed by atoms with Crippen LogP contribution in [0.2, 0.25) is 5.02 Å². The van der Waals surface area contributed by atoms with Gasteiger partial charge in [-0.05, 0) is 43.2 Å². The average Bonchev–Trinajstić information content (AvgIpc) is 3.30. The topological polar surface area (TPSA) is 73.8 Å². The molecule has 0 saturated carbocycles. The first-order chi connectivity index (χ1) is 14.4. The van der Waals surface area contributed by atoms with Gasteiger partial charge in [0, 0.05) is 51.0 Å². The van der Waals surface area contributed by atoms with Crippen molar-refractivity contribution in [3.63, 3.8) is 0 Å². The largest absolute Gasteiger partial charge is 0.353 e. The molecule has 7 nitrogen and oxygen atoms in total. The second-order valence-corrected chi connectivity index (χ2v) is 9.71. The van der Waals surface area contributed by atoms with E-state index in [0.717, 1.165) is 24.7 Å². The average molecular weight is 453 g/mol. The molecule has 0 spiro atoms. The van der Waals surface area contributed by atoms with Gasteiger partial charge in [-0.15, -0.1) is 0 Å². The lowest BCUT2D eigenvalue weighted by Crippen LogP contribution is -2.49. The Kier molecular flexibility index (Phi) is 5.95. The van der Waals surface area contributed by atoms with Crippen molar-refractivity contribution >= 4 is 33.3 Å². The minimum atomic E-state index is -3.94. The van der Waals surface area contributed by atoms with Crippen LogP contribution in [-0.2, 0) is 10.0 Å². The summed E-state index contributed by atoms with van der Waals surface area (Å²) in [5, 5.41) is 0.559. The van der Waals surface area contributed by atoms with Crippen LogP contribution in [0.5, 0.6) is 0 Å². The van der Waals surface area contributed by atoms with Crippen molar-refractivity contribution in [2.75, 3.05) is 44.2 Å². The number of aromatic nitrogens is 1. The van der Waals surface area contributed by atoms with Crippen molar-refractivity contribution in [1.29, 1.82) is 0 Å². The van der Waals surface area contributed by atoms with Gasteiger partial charge in [-0.1, -0.05) is 11.6 Å². The van der Waals surface area contributed by atoms with Gasteiger partial charge < -0.3 is 9.80 Å². The number of hydrogen-bond acceptors (Lipinski definition) is 5. The molecular formula is C20H22ClFN4O3S. The quantitative estimate of drug-likeness (QED) is 0.713. The fourth-order valence-corrected chi connectivity index (χ4v) is 5.50. The number of pyridine rings is 1. The molecule has 3 heterocycles. The van der Waals surface area contributed by atoms with Crippen molar-refractivity contribution in [3.05, 3.63) is 52.9 Å². The Morgan fingerprint density at radius 1 is 1.00 bits per heavy atom. The third-order valence-electron chi connectivity index (χ3n) is 5.46. The minimum Gasteiger partial charge on any atom is -0.353 e. The van der Waals surface area contributed by atoms with Crippen molar-refractivity contribution in [2.24, 2.45) is 0 Å². The lowest BCUT2D eigenvalue weighted by molar-refractivity contribution is 0.0746. The van der Waals surface area contributed by atoms with Gasteiger partial charge in [0.15, 0.2) is 0 Å². The Bertz CT molecular complexity index is 1030. The summed E-state index contributed by atoms with van der Waals surface area (Å²) in [7, 11) is -3.94. The van der Waals surface area contributed by atoms with Gasteiger partial charge >= 0.3 is 0 Å². The molecule has 2 aliphatic heterocycles. The predicted octanol–water partition coefficient (Wildman–Crippen LogP) is 2.62. The standard InChI is InChI=1S/C20H22ClFN4O3S/c21-16-4-6-19(23-14-16)24-9-11-25(12-10-24)20(27)15-3-5-17(22)18(13-15)30(28,29)26-7-1-2-8-26/h3-6,13-14H,1-2,7-12H2. The van der Waals surface area contributed by atoms with Crippen LogP contribution in [0.25, 0.3) is 0 Å². The van der Waals surface area contributed by atoms with Crippen molar-refractivity contribution in [1.82, 2.24) is 14.2 Å². The van der Waals surface area contributed by atoms with E-state index < -0.39 is 20.7 Å². The van der Waals surface area contributed by atoms with Gasteiger partial charge in [-0.3, -0.25) is 4.79 Å². The number of halogens is 2. The second kappa shape index (κ2) is 8.49. The second-order valence-electron chi connectivity index (χ2n) is 7.37. The molecule has 0 aliphatic carbocycles. The van der Waals surface area contributed by atoms with E-state index in [2.05, 4.69) is 4.98 Å². The summed E-state index contributed by atoms with van der Waals surface area (Å²) < 4.78 is 41.1. The van der Waals surface area contributed by atoms with E-state index in [1.165, 1.54) is 16.4 Å². The normalized spacial score (nSPS) is 18.1. The van der Waals surface area contributed by atoms with Crippen molar-refractivity contribution in [3.8, 4) is 0 Å². The maximum Gasteiger partial charge on any atom is 0.254 e. The Labute approximate surface area is 180 Å². The molecule has 2 fully saturated rings. The van der Waals surface area contributed by atoms with Gasteiger partial charge in [-0.25, -0.2) is 17.8 Å². The van der Waals surface area contributed by atoms with Gasteiger partial charge in [0.1, 0.15) is 16.5 Å². The SMILES string of the molecule is O=C(c1ccc(F)c(S(=O)(=O)N2CCCC2)c1)N1CCN(c2ccc(Cl)cn2)CC1. The molecular weight excluding hydrogens is 431 g/mol. The maximum absolute atomic E-state index is 14.3. The summed E-state index contributed by atoms with van der Waals surface area (Å²) in [6.07, 6.45) is 3.09. The summed E-state index contributed by atoms with van der Waals surface area (Å²) in [5.41, 5.74) is 0.173. The molecule has 4 rings (SSSR count). The van der Waals surface area contributed by atoms with Crippen LogP contribution in [0.4, 0.5) is 10.2 Å². The third-order valence-corrected chi connectivity index (χ3v) is 7.60. The smallest absolute Gasteiger partial charge is 0.254 e. The summed E-state index contributed by atoms with van der Waals surface area (Å²) in [5.74, 6) is -0.360. The monoisotopic (exact) mass is 452 g/mol. The number of nitrogens with zero attached hydrogens (tertiary/aromatic N) is 4. The van der Waals surface area contributed by atoms with Crippen LogP contribution in [0.3, 0.4) is 0 Å². The molecule has 0 radical (unpaired) electrons. The number of carbonyl (C=O) groups excluding carboxylic acids is 1. The van der Waals surface area contributed by atoms with Crippen molar-refractivity contribution in [2.45, 2.75) is 17.7 Å². The number of amides is 1. The first-order valence-electron chi connectivity index (χ1n) is 9.82. The highest BCUT2D eigenvalue weighted by molar-refractivity contribution is 7.89. The lowest BCUT2D eigenvalue weighted by Gasteiger charge is -2.35. The maximum atomic E-state index is 14.3. The molecule has 160 valence electrons. The highest BCUT2D eigenvalue weighted by Crippen LogP contribution is 2.25. The molecule has 0 N–H and O–H groups in total. The van der Waals surface area contributed by atoms with E-state index in [-0.39, 0.29) is 11.5 Å². The van der Waals surface area contributed by atoms with E-state index >= 15 is 0 Å². The molecule has 1 amide bonds. The minimum absolute atomic E-state index is 0.173. The fourth-order valence-electron chi connectivity index (χ4n) is 3.78. The van der Waals surface area contributed by atoms with E-state index in [0.29, 0.717) is 44.3 Å². The zero-order valence-electron chi connectivity index (χ0n) is 16.3. The Morgan fingerprint density at radius 2 is 1.70 bits per heavy atom. The van der Waals surface area contributed by atoms with Crippen LogP contribution in [0, 0.1) is 5.82 Å². The summed E-state index contributed by atoms with van der Waals surface area (Å²) in [6, 6.07) is 7.16. The predicted molar refractivity (Wildman–Crippen MR) is 112 cm³/mol. The number of carbonyl (C=O) groups is 1. The molecule has 0 unspecified atom stereocenters. The molecule has 1 aromatic heterocycles. The van der Waals surface area contributed by atoms with Crippen molar-refractivity contribution < 1.29 is 17.6 Å². The van der Waals surface area contributed by atoms with Crippen LogP contribution in [0.1, 0.15) is 23.2 Å². The molecule has 1 aromatic carbocycles. The number of hydrogen-bond donors (Lipinski definition) is 0. The fraction of sp³-hybridized carbons (Fsp3) is 0.400. The number of piperazine rings is 1. The molecule has 2 saturated heterocycles. The third kappa shape index (κ3) is 4.14. The Balaban J connectivity index is 1.48. The number of rotatable bonds is 4. The van der Waals surface area contributed by atoms with E-state index in [1.54, 1.807) is 17.2 Å². The molecule has 2 aromatic rings. The summed E-state index contributed by atoms with van der Waals surface area (Å²) >= 11 is 5.87. The van der Waals surface area contributed by atoms with Gasteiger partial charge in [-0.2, -0.15) is 4.31 Å². The van der Waals surface area contributed by atoms with Crippen LogP contribution >= 0.6 is 11.6 Å². The van der Waals surface area contributed by atoms with Crippen LogP contribution in [-0.4, -0.2) is 67.8 Å². The van der Waals surface area contributed by atoms with Gasteiger partial charge in [0.2, 0.25) is 10.0 Å². The number of sulfonamides is 1. The van der Waals surface area contributed by atoms with Gasteiger partial charge in [0.05, 0.1) is 5.02 Å². The highest BCUT2D eigenvalue weighted by Gasteiger charge is 2.31. The molecule has 30 heavy (non-hydrogen) atoms. The molecule has 0 atom stereocenters. The molecule has 2 aliphatic rings. The number of anilines is 1. The zero-order valence-corrected chi connectivity index (χ0v) is 17.9. The molecule has 10 heteroatoms.